The number of rotatable bonds is 6. The molecule has 4 rings (SSSR count). The number of aromatic nitrogens is 5. The van der Waals surface area contributed by atoms with E-state index in [1.54, 1.807) is 35.0 Å². The van der Waals surface area contributed by atoms with Gasteiger partial charge < -0.3 is 14.2 Å². The van der Waals surface area contributed by atoms with Gasteiger partial charge in [0.2, 0.25) is 5.88 Å². The molecule has 2 aromatic carbocycles. The second-order valence-corrected chi connectivity index (χ2v) is 6.06. The van der Waals surface area contributed by atoms with Crippen molar-refractivity contribution < 1.29 is 19.0 Å². The SMILES string of the molecule is COC=C(C(=O)OC)c1ccccc1Oc1cc(-n2nnc3ccccc32)ncn1. The number of para-hydroxylation sites is 2. The van der Waals surface area contributed by atoms with Gasteiger partial charge in [-0.1, -0.05) is 35.5 Å². The Morgan fingerprint density at radius 2 is 1.83 bits per heavy atom. The monoisotopic (exact) mass is 403 g/mol. The van der Waals surface area contributed by atoms with Gasteiger partial charge in [-0.2, -0.15) is 4.68 Å². The van der Waals surface area contributed by atoms with Gasteiger partial charge in [-0.25, -0.2) is 14.8 Å². The first-order valence-corrected chi connectivity index (χ1v) is 8.92. The van der Waals surface area contributed by atoms with Crippen LogP contribution in [-0.2, 0) is 14.3 Å². The molecule has 2 aromatic heterocycles. The highest BCUT2D eigenvalue weighted by molar-refractivity contribution is 6.17. The molecule has 0 amide bonds. The van der Waals surface area contributed by atoms with Crippen molar-refractivity contribution in [1.29, 1.82) is 0 Å². The average Bonchev–Trinajstić information content (AvgIpc) is 3.22. The van der Waals surface area contributed by atoms with Crippen LogP contribution >= 0.6 is 0 Å². The minimum absolute atomic E-state index is 0.215. The quantitative estimate of drug-likeness (QED) is 0.275. The van der Waals surface area contributed by atoms with E-state index in [9.17, 15) is 4.79 Å². The molecule has 0 atom stereocenters. The number of hydrogen-bond acceptors (Lipinski definition) is 8. The second kappa shape index (κ2) is 8.39. The first-order valence-electron chi connectivity index (χ1n) is 8.92. The van der Waals surface area contributed by atoms with E-state index >= 15 is 0 Å². The van der Waals surface area contributed by atoms with Gasteiger partial charge in [0, 0.05) is 11.6 Å². The molecule has 0 spiro atoms. The molecular formula is C21H17N5O4. The van der Waals surface area contributed by atoms with Crippen LogP contribution in [0.15, 0.2) is 67.2 Å². The number of nitrogens with zero attached hydrogens (tertiary/aromatic N) is 5. The first kappa shape index (κ1) is 19.1. The van der Waals surface area contributed by atoms with Gasteiger partial charge in [-0.3, -0.25) is 0 Å². The Labute approximate surface area is 171 Å². The van der Waals surface area contributed by atoms with Crippen molar-refractivity contribution in [2.75, 3.05) is 14.2 Å². The van der Waals surface area contributed by atoms with E-state index in [1.165, 1.54) is 26.8 Å². The third kappa shape index (κ3) is 3.68. The molecule has 0 aliphatic heterocycles. The van der Waals surface area contributed by atoms with E-state index in [1.807, 2.05) is 24.3 Å². The summed E-state index contributed by atoms with van der Waals surface area (Å²) in [5.74, 6) is 0.616. The largest absolute Gasteiger partial charge is 0.503 e. The van der Waals surface area contributed by atoms with Crippen molar-refractivity contribution in [2.45, 2.75) is 0 Å². The van der Waals surface area contributed by atoms with E-state index in [-0.39, 0.29) is 11.5 Å². The van der Waals surface area contributed by atoms with Gasteiger partial charge in [-0.05, 0) is 18.2 Å². The molecule has 150 valence electrons. The maximum Gasteiger partial charge on any atom is 0.341 e. The van der Waals surface area contributed by atoms with Crippen molar-refractivity contribution in [3.05, 3.63) is 72.8 Å². The zero-order valence-electron chi connectivity index (χ0n) is 16.2. The predicted molar refractivity (Wildman–Crippen MR) is 108 cm³/mol. The van der Waals surface area contributed by atoms with Crippen LogP contribution in [-0.4, -0.2) is 45.2 Å². The van der Waals surface area contributed by atoms with E-state index in [0.717, 1.165) is 11.0 Å². The highest BCUT2D eigenvalue weighted by atomic mass is 16.5. The summed E-state index contributed by atoms with van der Waals surface area (Å²) in [6, 6.07) is 16.2. The van der Waals surface area contributed by atoms with E-state index in [0.29, 0.717) is 17.1 Å². The Morgan fingerprint density at radius 3 is 2.67 bits per heavy atom. The fourth-order valence-corrected chi connectivity index (χ4v) is 2.88. The Bertz CT molecular complexity index is 1230. The molecular weight excluding hydrogens is 386 g/mol. The van der Waals surface area contributed by atoms with Crippen LogP contribution in [0.25, 0.3) is 22.4 Å². The molecule has 9 heteroatoms. The molecule has 2 heterocycles. The van der Waals surface area contributed by atoms with Gasteiger partial charge in [0.15, 0.2) is 5.82 Å². The summed E-state index contributed by atoms with van der Waals surface area (Å²) >= 11 is 0. The topological polar surface area (TPSA) is 101 Å². The molecule has 0 fully saturated rings. The van der Waals surface area contributed by atoms with Crippen LogP contribution in [0.4, 0.5) is 0 Å². The standard InChI is InChI=1S/C21H17N5O4/c1-28-12-15(21(27)29-2)14-7-3-6-10-18(14)30-20-11-19(22-13-23-20)26-17-9-5-4-8-16(17)24-25-26/h3-13H,1-2H3. The van der Waals surface area contributed by atoms with Gasteiger partial charge in [0.25, 0.3) is 0 Å². The molecule has 30 heavy (non-hydrogen) atoms. The summed E-state index contributed by atoms with van der Waals surface area (Å²) in [5, 5.41) is 8.29. The second-order valence-electron chi connectivity index (χ2n) is 6.06. The van der Waals surface area contributed by atoms with E-state index < -0.39 is 5.97 Å². The Balaban J connectivity index is 1.71. The number of methoxy groups -OCH3 is 2. The van der Waals surface area contributed by atoms with Gasteiger partial charge in [0.1, 0.15) is 23.2 Å². The van der Waals surface area contributed by atoms with Crippen molar-refractivity contribution in [3.8, 4) is 17.4 Å². The van der Waals surface area contributed by atoms with Crippen molar-refractivity contribution >= 4 is 22.6 Å². The molecule has 0 N–H and O–H groups in total. The van der Waals surface area contributed by atoms with Crippen molar-refractivity contribution in [1.82, 2.24) is 25.0 Å². The average molecular weight is 403 g/mol. The summed E-state index contributed by atoms with van der Waals surface area (Å²) in [5.41, 5.74) is 2.26. The molecule has 0 bridgehead atoms. The lowest BCUT2D eigenvalue weighted by Gasteiger charge is -2.12. The molecule has 0 aliphatic rings. The van der Waals surface area contributed by atoms with Gasteiger partial charge in [0.05, 0.1) is 26.0 Å². The zero-order valence-corrected chi connectivity index (χ0v) is 16.2. The van der Waals surface area contributed by atoms with Crippen molar-refractivity contribution in [2.24, 2.45) is 0 Å². The summed E-state index contributed by atoms with van der Waals surface area (Å²) in [6.45, 7) is 0. The van der Waals surface area contributed by atoms with E-state index in [2.05, 4.69) is 20.3 Å². The number of carbonyl (C=O) groups is 1. The van der Waals surface area contributed by atoms with Crippen LogP contribution in [0.2, 0.25) is 0 Å². The lowest BCUT2D eigenvalue weighted by molar-refractivity contribution is -0.133. The molecule has 0 radical (unpaired) electrons. The third-order valence-electron chi connectivity index (χ3n) is 4.23. The number of hydrogen-bond donors (Lipinski definition) is 0. The minimum atomic E-state index is -0.551. The number of ether oxygens (including phenoxy) is 3. The van der Waals surface area contributed by atoms with Crippen LogP contribution in [0.3, 0.4) is 0 Å². The first-order chi connectivity index (χ1) is 14.7. The van der Waals surface area contributed by atoms with Crippen molar-refractivity contribution in [3.63, 3.8) is 0 Å². The van der Waals surface area contributed by atoms with Crippen LogP contribution < -0.4 is 4.74 Å². The molecule has 0 saturated carbocycles. The molecule has 0 saturated heterocycles. The Hall–Kier alpha value is -4.27. The normalized spacial score (nSPS) is 11.3. The fraction of sp³-hybridized carbons (Fsp3) is 0.0952. The van der Waals surface area contributed by atoms with Gasteiger partial charge in [-0.15, -0.1) is 5.10 Å². The predicted octanol–water partition coefficient (Wildman–Crippen LogP) is 3.16. The minimum Gasteiger partial charge on any atom is -0.503 e. The number of esters is 1. The lowest BCUT2D eigenvalue weighted by Crippen LogP contribution is -2.06. The van der Waals surface area contributed by atoms with E-state index in [4.69, 9.17) is 14.2 Å². The summed E-state index contributed by atoms with van der Waals surface area (Å²) in [7, 11) is 2.75. The van der Waals surface area contributed by atoms with Crippen LogP contribution in [0.5, 0.6) is 11.6 Å². The number of carbonyl (C=O) groups excluding carboxylic acids is 1. The Morgan fingerprint density at radius 1 is 1.03 bits per heavy atom. The summed E-state index contributed by atoms with van der Waals surface area (Å²) in [6.07, 6.45) is 2.68. The molecule has 0 aliphatic carbocycles. The molecule has 0 unspecified atom stereocenters. The van der Waals surface area contributed by atoms with Crippen LogP contribution in [0.1, 0.15) is 5.56 Å². The molecule has 9 nitrogen and oxygen atoms in total. The third-order valence-corrected chi connectivity index (χ3v) is 4.23. The van der Waals surface area contributed by atoms with Gasteiger partial charge >= 0.3 is 5.97 Å². The summed E-state index contributed by atoms with van der Waals surface area (Å²) < 4.78 is 17.4. The maximum atomic E-state index is 12.2. The highest BCUT2D eigenvalue weighted by Crippen LogP contribution is 2.30. The molecule has 4 aromatic rings. The number of benzene rings is 2. The summed E-state index contributed by atoms with van der Waals surface area (Å²) in [4.78, 5) is 20.6. The fourth-order valence-electron chi connectivity index (χ4n) is 2.88. The van der Waals surface area contributed by atoms with Crippen LogP contribution in [0, 0.1) is 0 Å². The number of fused-ring (bicyclic) bond motifs is 1. The zero-order chi connectivity index (χ0) is 20.9. The highest BCUT2D eigenvalue weighted by Gasteiger charge is 2.18. The smallest absolute Gasteiger partial charge is 0.341 e. The Kier molecular flexibility index (Phi) is 5.33. The maximum absolute atomic E-state index is 12.2. The lowest BCUT2D eigenvalue weighted by atomic mass is 10.1.